The number of aromatic nitrogens is 3. The van der Waals surface area contributed by atoms with Gasteiger partial charge < -0.3 is 15.8 Å². The molecule has 1 aromatic carbocycles. The van der Waals surface area contributed by atoms with Gasteiger partial charge in [-0.15, -0.1) is 0 Å². The summed E-state index contributed by atoms with van der Waals surface area (Å²) in [7, 11) is 1.67. The lowest BCUT2D eigenvalue weighted by Gasteiger charge is -2.26. The van der Waals surface area contributed by atoms with E-state index >= 15 is 0 Å². The average Bonchev–Trinajstić information content (AvgIpc) is 3.11. The third-order valence-electron chi connectivity index (χ3n) is 5.38. The Labute approximate surface area is 165 Å². The van der Waals surface area contributed by atoms with Crippen molar-refractivity contribution >= 4 is 17.0 Å². The highest BCUT2D eigenvalue weighted by atomic mass is 16.5. The number of nitrogens with two attached hydrogens (primary N) is 1. The summed E-state index contributed by atoms with van der Waals surface area (Å²) in [5.74, 6) is 1.61. The van der Waals surface area contributed by atoms with Crippen molar-refractivity contribution in [1.29, 1.82) is 0 Å². The van der Waals surface area contributed by atoms with Crippen LogP contribution in [0.25, 0.3) is 5.52 Å². The van der Waals surface area contributed by atoms with Crippen LogP contribution in [0.2, 0.25) is 0 Å². The number of nitrogens with one attached hydrogen (secondary N) is 1. The van der Waals surface area contributed by atoms with Gasteiger partial charge in [-0.1, -0.05) is 12.5 Å². The fourth-order valence-corrected chi connectivity index (χ4v) is 3.82. The molecular formula is C21H28N6O. The van der Waals surface area contributed by atoms with Crippen LogP contribution >= 0.6 is 0 Å². The van der Waals surface area contributed by atoms with Crippen LogP contribution in [-0.2, 0) is 6.54 Å². The van der Waals surface area contributed by atoms with Gasteiger partial charge >= 0.3 is 0 Å². The fourth-order valence-electron chi connectivity index (χ4n) is 3.82. The Morgan fingerprint density at radius 2 is 2.14 bits per heavy atom. The molecule has 0 spiro atoms. The fraction of sp³-hybridized carbons (Fsp3) is 0.429. The molecule has 4 rings (SSSR count). The Morgan fingerprint density at radius 3 is 3.04 bits per heavy atom. The predicted octanol–water partition coefficient (Wildman–Crippen LogP) is 3.18. The number of anilines is 2. The summed E-state index contributed by atoms with van der Waals surface area (Å²) in [4.78, 5) is 7.00. The van der Waals surface area contributed by atoms with Gasteiger partial charge in [0.2, 0.25) is 0 Å². The van der Waals surface area contributed by atoms with Crippen molar-refractivity contribution < 1.29 is 4.74 Å². The summed E-state index contributed by atoms with van der Waals surface area (Å²) in [6.07, 6.45) is 8.18. The third kappa shape index (κ3) is 4.26. The van der Waals surface area contributed by atoms with Crippen molar-refractivity contribution in [1.82, 2.24) is 19.5 Å². The van der Waals surface area contributed by atoms with Gasteiger partial charge in [0.15, 0.2) is 5.82 Å². The van der Waals surface area contributed by atoms with Crippen LogP contribution in [0, 0.1) is 0 Å². The molecule has 0 amide bonds. The van der Waals surface area contributed by atoms with Crippen molar-refractivity contribution in [3.05, 3.63) is 48.4 Å². The number of fused-ring (bicyclic) bond motifs is 1. The second kappa shape index (κ2) is 8.58. The molecule has 0 bridgehead atoms. The van der Waals surface area contributed by atoms with Crippen LogP contribution in [0.15, 0.2) is 42.9 Å². The number of methoxy groups -OCH3 is 1. The minimum Gasteiger partial charge on any atom is -0.497 e. The Morgan fingerprint density at radius 1 is 1.21 bits per heavy atom. The van der Waals surface area contributed by atoms with E-state index < -0.39 is 0 Å². The molecule has 0 unspecified atom stereocenters. The topological polar surface area (TPSA) is 80.7 Å². The van der Waals surface area contributed by atoms with E-state index in [0.717, 1.165) is 55.2 Å². The molecule has 1 aliphatic rings. The van der Waals surface area contributed by atoms with Crippen molar-refractivity contribution in [3.63, 3.8) is 0 Å². The molecule has 7 heteroatoms. The number of hydrogen-bond acceptors (Lipinski definition) is 6. The van der Waals surface area contributed by atoms with E-state index in [1.54, 1.807) is 13.4 Å². The largest absolute Gasteiger partial charge is 0.497 e. The maximum absolute atomic E-state index is 6.19. The molecule has 28 heavy (non-hydrogen) atoms. The number of hydrogen-bond donors (Lipinski definition) is 2. The van der Waals surface area contributed by atoms with Gasteiger partial charge in [0.25, 0.3) is 0 Å². The second-order valence-electron chi connectivity index (χ2n) is 7.42. The zero-order chi connectivity index (χ0) is 19.3. The number of rotatable bonds is 5. The molecule has 1 atom stereocenters. The highest BCUT2D eigenvalue weighted by Crippen LogP contribution is 2.26. The summed E-state index contributed by atoms with van der Waals surface area (Å²) >= 11 is 0. The normalized spacial score (nSPS) is 18.6. The summed E-state index contributed by atoms with van der Waals surface area (Å²) in [6, 6.07) is 10.3. The predicted molar refractivity (Wildman–Crippen MR) is 111 cm³/mol. The van der Waals surface area contributed by atoms with E-state index in [2.05, 4.69) is 26.4 Å². The number of likely N-dealkylation sites (tertiary alicyclic amines) is 1. The Kier molecular flexibility index (Phi) is 5.73. The maximum Gasteiger partial charge on any atom is 0.158 e. The van der Waals surface area contributed by atoms with Gasteiger partial charge in [0, 0.05) is 30.5 Å². The van der Waals surface area contributed by atoms with Crippen LogP contribution in [0.3, 0.4) is 0 Å². The smallest absolute Gasteiger partial charge is 0.158 e. The highest BCUT2D eigenvalue weighted by Gasteiger charge is 2.16. The first kappa shape index (κ1) is 18.7. The molecule has 148 valence electrons. The quantitative estimate of drug-likeness (QED) is 0.708. The van der Waals surface area contributed by atoms with Gasteiger partial charge in [-0.3, -0.25) is 4.90 Å². The summed E-state index contributed by atoms with van der Waals surface area (Å²) in [5, 5.41) is 7.80. The molecule has 3 N–H and O–H groups in total. The number of ether oxygens (including phenoxy) is 1. The van der Waals surface area contributed by atoms with E-state index in [-0.39, 0.29) is 0 Å². The van der Waals surface area contributed by atoms with E-state index in [0.29, 0.717) is 6.04 Å². The van der Waals surface area contributed by atoms with Crippen LogP contribution in [0.5, 0.6) is 5.75 Å². The molecule has 7 nitrogen and oxygen atoms in total. The monoisotopic (exact) mass is 380 g/mol. The highest BCUT2D eigenvalue weighted by molar-refractivity contribution is 5.76. The van der Waals surface area contributed by atoms with Crippen molar-refractivity contribution in [3.8, 4) is 5.75 Å². The molecule has 2 aromatic heterocycles. The van der Waals surface area contributed by atoms with Crippen LogP contribution in [0.4, 0.5) is 11.5 Å². The van der Waals surface area contributed by atoms with Gasteiger partial charge in [-0.2, -0.15) is 5.10 Å². The Hall–Kier alpha value is -2.64. The summed E-state index contributed by atoms with van der Waals surface area (Å²) in [5.41, 5.74) is 9.36. The van der Waals surface area contributed by atoms with Gasteiger partial charge in [0.05, 0.1) is 7.11 Å². The first-order valence-corrected chi connectivity index (χ1v) is 9.93. The van der Waals surface area contributed by atoms with Gasteiger partial charge in [-0.05, 0) is 56.1 Å². The summed E-state index contributed by atoms with van der Waals surface area (Å²) in [6.45, 7) is 3.02. The van der Waals surface area contributed by atoms with E-state index in [1.807, 2.05) is 35.0 Å². The number of nitrogens with zero attached hydrogens (tertiary/aromatic N) is 4. The number of benzene rings is 1. The van der Waals surface area contributed by atoms with Crippen molar-refractivity contribution in [2.24, 2.45) is 5.73 Å². The first-order chi connectivity index (χ1) is 13.7. The minimum atomic E-state index is 0.321. The van der Waals surface area contributed by atoms with Crippen molar-refractivity contribution in [2.75, 3.05) is 25.5 Å². The van der Waals surface area contributed by atoms with E-state index in [4.69, 9.17) is 10.5 Å². The lowest BCUT2D eigenvalue weighted by molar-refractivity contribution is 0.231. The van der Waals surface area contributed by atoms with Crippen LogP contribution < -0.4 is 15.8 Å². The molecular weight excluding hydrogens is 352 g/mol. The molecule has 1 saturated heterocycles. The molecule has 3 aromatic rings. The minimum absolute atomic E-state index is 0.321. The first-order valence-electron chi connectivity index (χ1n) is 9.93. The lowest BCUT2D eigenvalue weighted by atomic mass is 10.0. The summed E-state index contributed by atoms with van der Waals surface area (Å²) < 4.78 is 7.21. The Bertz CT molecular complexity index is 924. The van der Waals surface area contributed by atoms with E-state index in [1.165, 1.54) is 18.4 Å². The second-order valence-corrected chi connectivity index (χ2v) is 7.42. The maximum atomic E-state index is 6.19. The zero-order valence-electron chi connectivity index (χ0n) is 16.3. The standard InChI is InChI=1S/C21H28N6O/c1-28-19-7-4-6-18(13-19)25-21-20-16(8-12-27(20)24-15-23-21)14-26-10-3-2-5-17(22)9-11-26/h4,6-8,12-13,15,17H,2-3,5,9-11,14,22H2,1H3,(H,23,24,25)/t17-/m0/s1. The van der Waals surface area contributed by atoms with Crippen molar-refractivity contribution in [2.45, 2.75) is 38.3 Å². The molecule has 1 aliphatic heterocycles. The molecule has 3 heterocycles. The van der Waals surface area contributed by atoms with Crippen LogP contribution in [-0.4, -0.2) is 45.7 Å². The molecule has 0 aliphatic carbocycles. The zero-order valence-corrected chi connectivity index (χ0v) is 16.3. The van der Waals surface area contributed by atoms with Gasteiger partial charge in [-0.25, -0.2) is 9.50 Å². The third-order valence-corrected chi connectivity index (χ3v) is 5.38. The van der Waals surface area contributed by atoms with Crippen LogP contribution in [0.1, 0.15) is 31.2 Å². The molecule has 1 fully saturated rings. The Balaban J connectivity index is 1.59. The average molecular weight is 380 g/mol. The van der Waals surface area contributed by atoms with E-state index in [9.17, 15) is 0 Å². The SMILES string of the molecule is COc1cccc(Nc2ncnn3ccc(CN4CCCC[C@H](N)CC4)c23)c1. The molecule has 0 saturated carbocycles. The lowest BCUT2D eigenvalue weighted by Crippen LogP contribution is -2.33. The molecule has 0 radical (unpaired) electrons. The van der Waals surface area contributed by atoms with Gasteiger partial charge in [0.1, 0.15) is 17.6 Å².